The van der Waals surface area contributed by atoms with Crippen molar-refractivity contribution in [1.82, 2.24) is 10.3 Å². The first kappa shape index (κ1) is 14.1. The fourth-order valence-electron chi connectivity index (χ4n) is 1.66. The van der Waals surface area contributed by atoms with Gasteiger partial charge in [-0.2, -0.15) is 0 Å². The maximum absolute atomic E-state index is 13.4. The average molecular weight is 343 g/mol. The van der Waals surface area contributed by atoms with Crippen LogP contribution in [0.2, 0.25) is 0 Å². The molecule has 0 saturated heterocycles. The predicted molar refractivity (Wildman–Crippen MR) is 76.7 cm³/mol. The smallest absolute Gasteiger partial charge is 0.253 e. The van der Waals surface area contributed by atoms with Gasteiger partial charge in [-0.1, -0.05) is 13.0 Å². The van der Waals surface area contributed by atoms with Gasteiger partial charge in [0.05, 0.1) is 16.1 Å². The summed E-state index contributed by atoms with van der Waals surface area (Å²) in [5.74, 6) is -0.761. The van der Waals surface area contributed by atoms with E-state index in [1.54, 1.807) is 12.3 Å². The van der Waals surface area contributed by atoms with Gasteiger partial charge in [0.25, 0.3) is 5.91 Å². The standard InChI is InChI=1S/C13H12BrFN2OS/c1-2-10(13-16-6-7-19-13)17-12(18)8-4-3-5-9(15)11(8)14/h3-7,10H,2H2,1H3,(H,17,18). The van der Waals surface area contributed by atoms with Crippen molar-refractivity contribution in [3.63, 3.8) is 0 Å². The average Bonchev–Trinajstić information content (AvgIpc) is 2.92. The van der Waals surface area contributed by atoms with E-state index in [2.05, 4.69) is 26.2 Å². The van der Waals surface area contributed by atoms with Crippen molar-refractivity contribution >= 4 is 33.2 Å². The lowest BCUT2D eigenvalue weighted by atomic mass is 10.1. The molecular formula is C13H12BrFN2OS. The third-order valence-corrected chi connectivity index (χ3v) is 4.35. The lowest BCUT2D eigenvalue weighted by Crippen LogP contribution is -2.28. The van der Waals surface area contributed by atoms with Crippen LogP contribution in [0.3, 0.4) is 0 Å². The molecule has 6 heteroatoms. The Morgan fingerprint density at radius 2 is 2.37 bits per heavy atom. The number of carbonyl (C=O) groups is 1. The van der Waals surface area contributed by atoms with Crippen LogP contribution in [0, 0.1) is 5.82 Å². The maximum Gasteiger partial charge on any atom is 0.253 e. The van der Waals surface area contributed by atoms with Gasteiger partial charge >= 0.3 is 0 Å². The Labute approximate surface area is 123 Å². The fraction of sp³-hybridized carbons (Fsp3) is 0.231. The third-order valence-electron chi connectivity index (χ3n) is 2.66. The van der Waals surface area contributed by atoms with Gasteiger partial charge in [0.1, 0.15) is 10.8 Å². The quantitative estimate of drug-likeness (QED) is 0.914. The lowest BCUT2D eigenvalue weighted by Gasteiger charge is -2.15. The van der Waals surface area contributed by atoms with Gasteiger partial charge in [0.2, 0.25) is 0 Å². The van der Waals surface area contributed by atoms with Crippen molar-refractivity contribution in [3.8, 4) is 0 Å². The van der Waals surface area contributed by atoms with Crippen molar-refractivity contribution in [2.24, 2.45) is 0 Å². The molecule has 1 heterocycles. The van der Waals surface area contributed by atoms with Gasteiger partial charge in [0, 0.05) is 11.6 Å². The summed E-state index contributed by atoms with van der Waals surface area (Å²) in [4.78, 5) is 16.3. The van der Waals surface area contributed by atoms with Gasteiger partial charge in [-0.25, -0.2) is 9.37 Å². The number of benzene rings is 1. The van der Waals surface area contributed by atoms with E-state index >= 15 is 0 Å². The van der Waals surface area contributed by atoms with Crippen LogP contribution in [0.15, 0.2) is 34.2 Å². The molecule has 2 aromatic rings. The normalized spacial score (nSPS) is 12.2. The number of nitrogens with zero attached hydrogens (tertiary/aromatic N) is 1. The fourth-order valence-corrected chi connectivity index (χ4v) is 2.88. The van der Waals surface area contributed by atoms with Gasteiger partial charge in [-0.05, 0) is 34.5 Å². The number of aromatic nitrogens is 1. The minimum atomic E-state index is -0.449. The Bertz CT molecular complexity index is 574. The predicted octanol–water partition coefficient (Wildman–Crippen LogP) is 3.93. The van der Waals surface area contributed by atoms with Crippen LogP contribution in [0.5, 0.6) is 0 Å². The summed E-state index contributed by atoms with van der Waals surface area (Å²) in [6.45, 7) is 1.97. The van der Waals surface area contributed by atoms with Crippen molar-refractivity contribution in [2.75, 3.05) is 0 Å². The van der Waals surface area contributed by atoms with E-state index < -0.39 is 5.82 Å². The largest absolute Gasteiger partial charge is 0.343 e. The monoisotopic (exact) mass is 342 g/mol. The van der Waals surface area contributed by atoms with Gasteiger partial charge < -0.3 is 5.32 Å². The molecule has 1 amide bonds. The second kappa shape index (κ2) is 6.25. The summed E-state index contributed by atoms with van der Waals surface area (Å²) in [5.41, 5.74) is 0.287. The maximum atomic E-state index is 13.4. The van der Waals surface area contributed by atoms with E-state index in [-0.39, 0.29) is 22.0 Å². The van der Waals surface area contributed by atoms with Crippen LogP contribution < -0.4 is 5.32 Å². The van der Waals surface area contributed by atoms with Gasteiger partial charge in [-0.3, -0.25) is 4.79 Å². The summed E-state index contributed by atoms with van der Waals surface area (Å²) in [6, 6.07) is 4.25. The molecule has 1 atom stereocenters. The minimum absolute atomic E-state index is 0.150. The zero-order valence-electron chi connectivity index (χ0n) is 10.2. The molecule has 1 N–H and O–H groups in total. The number of hydrogen-bond acceptors (Lipinski definition) is 3. The molecule has 0 radical (unpaired) electrons. The molecule has 3 nitrogen and oxygen atoms in total. The Kier molecular flexibility index (Phi) is 4.66. The van der Waals surface area contributed by atoms with E-state index in [4.69, 9.17) is 0 Å². The molecular weight excluding hydrogens is 331 g/mol. The molecule has 0 aliphatic carbocycles. The first-order valence-electron chi connectivity index (χ1n) is 5.77. The Morgan fingerprint density at radius 3 is 3.00 bits per heavy atom. The van der Waals surface area contributed by atoms with Gasteiger partial charge in [-0.15, -0.1) is 11.3 Å². The van der Waals surface area contributed by atoms with Crippen LogP contribution >= 0.6 is 27.3 Å². The number of rotatable bonds is 4. The molecule has 0 bridgehead atoms. The van der Waals surface area contributed by atoms with E-state index in [0.717, 1.165) is 11.4 Å². The molecule has 19 heavy (non-hydrogen) atoms. The molecule has 0 fully saturated rings. The van der Waals surface area contributed by atoms with Crippen molar-refractivity contribution in [1.29, 1.82) is 0 Å². The second-order valence-corrected chi connectivity index (χ2v) is 5.63. The Morgan fingerprint density at radius 1 is 1.58 bits per heavy atom. The number of halogens is 2. The van der Waals surface area contributed by atoms with E-state index in [0.29, 0.717) is 0 Å². The highest BCUT2D eigenvalue weighted by Crippen LogP contribution is 2.23. The summed E-state index contributed by atoms with van der Waals surface area (Å²) < 4.78 is 13.6. The lowest BCUT2D eigenvalue weighted by molar-refractivity contribution is 0.0934. The van der Waals surface area contributed by atoms with E-state index in [1.165, 1.54) is 23.5 Å². The van der Waals surface area contributed by atoms with Crippen molar-refractivity contribution < 1.29 is 9.18 Å². The second-order valence-electron chi connectivity index (χ2n) is 3.91. The van der Waals surface area contributed by atoms with E-state index in [9.17, 15) is 9.18 Å². The minimum Gasteiger partial charge on any atom is -0.343 e. The number of amides is 1. The molecule has 0 spiro atoms. The highest BCUT2D eigenvalue weighted by molar-refractivity contribution is 9.10. The first-order chi connectivity index (χ1) is 9.13. The highest BCUT2D eigenvalue weighted by Gasteiger charge is 2.18. The van der Waals surface area contributed by atoms with Crippen molar-refractivity contribution in [2.45, 2.75) is 19.4 Å². The molecule has 1 aromatic carbocycles. The third kappa shape index (κ3) is 3.19. The Balaban J connectivity index is 2.18. The topological polar surface area (TPSA) is 42.0 Å². The SMILES string of the molecule is CCC(NC(=O)c1cccc(F)c1Br)c1nccs1. The number of thiazole rings is 1. The number of hydrogen-bond donors (Lipinski definition) is 1. The van der Waals surface area contributed by atoms with Crippen molar-refractivity contribution in [3.05, 3.63) is 50.6 Å². The molecule has 100 valence electrons. The summed E-state index contributed by atoms with van der Waals surface area (Å²) in [6.07, 6.45) is 2.43. The van der Waals surface area contributed by atoms with Crippen LogP contribution in [0.4, 0.5) is 4.39 Å². The summed E-state index contributed by atoms with van der Waals surface area (Å²) >= 11 is 4.58. The van der Waals surface area contributed by atoms with Gasteiger partial charge in [0.15, 0.2) is 0 Å². The van der Waals surface area contributed by atoms with Crippen LogP contribution in [0.25, 0.3) is 0 Å². The number of nitrogens with one attached hydrogen (secondary N) is 1. The van der Waals surface area contributed by atoms with Crippen LogP contribution in [-0.2, 0) is 0 Å². The van der Waals surface area contributed by atoms with Crippen LogP contribution in [-0.4, -0.2) is 10.9 Å². The summed E-state index contributed by atoms with van der Waals surface area (Å²) in [7, 11) is 0. The summed E-state index contributed by atoms with van der Waals surface area (Å²) in [5, 5.41) is 5.58. The first-order valence-corrected chi connectivity index (χ1v) is 7.45. The van der Waals surface area contributed by atoms with E-state index in [1.807, 2.05) is 12.3 Å². The van der Waals surface area contributed by atoms with Crippen LogP contribution in [0.1, 0.15) is 34.8 Å². The highest BCUT2D eigenvalue weighted by atomic mass is 79.9. The molecule has 0 aliphatic rings. The molecule has 0 aliphatic heterocycles. The molecule has 1 aromatic heterocycles. The molecule has 1 unspecified atom stereocenters. The molecule has 0 saturated carbocycles. The zero-order valence-corrected chi connectivity index (χ0v) is 12.6. The Hall–Kier alpha value is -1.27. The zero-order chi connectivity index (χ0) is 13.8. The molecule has 2 rings (SSSR count). The number of carbonyl (C=O) groups excluding carboxylic acids is 1.